The van der Waals surface area contributed by atoms with Crippen molar-refractivity contribution in [3.8, 4) is 0 Å². The molecule has 0 unspecified atom stereocenters. The number of likely N-dealkylation sites (tertiary alicyclic amines) is 1. The highest BCUT2D eigenvalue weighted by Crippen LogP contribution is 2.14. The van der Waals surface area contributed by atoms with Gasteiger partial charge in [-0.15, -0.1) is 0 Å². The molecule has 0 spiro atoms. The van der Waals surface area contributed by atoms with E-state index in [-0.39, 0.29) is 11.4 Å². The molecule has 24 heavy (non-hydrogen) atoms. The fourth-order valence-corrected chi connectivity index (χ4v) is 3.77. The van der Waals surface area contributed by atoms with Gasteiger partial charge in [-0.1, -0.05) is 12.8 Å². The smallest absolute Gasteiger partial charge is 0.242 e. The van der Waals surface area contributed by atoms with Crippen LogP contribution in [0.2, 0.25) is 0 Å². The Labute approximate surface area is 143 Å². The number of benzene rings is 1. The molecule has 0 saturated carbocycles. The topological polar surface area (TPSA) is 79.0 Å². The summed E-state index contributed by atoms with van der Waals surface area (Å²) in [7, 11) is -2.16. The van der Waals surface area contributed by atoms with Gasteiger partial charge in [-0.25, -0.2) is 12.8 Å². The number of nitrogens with zero attached hydrogens (tertiary/aromatic N) is 3. The Balaban J connectivity index is 1.92. The van der Waals surface area contributed by atoms with Crippen molar-refractivity contribution >= 4 is 16.0 Å². The van der Waals surface area contributed by atoms with Gasteiger partial charge >= 0.3 is 0 Å². The monoisotopic (exact) mass is 356 g/mol. The van der Waals surface area contributed by atoms with Gasteiger partial charge in [0.1, 0.15) is 5.82 Å². The van der Waals surface area contributed by atoms with E-state index in [9.17, 15) is 12.8 Å². The van der Waals surface area contributed by atoms with Gasteiger partial charge in [-0.3, -0.25) is 4.99 Å². The van der Waals surface area contributed by atoms with Gasteiger partial charge in [-0.2, -0.15) is 4.31 Å². The first-order valence-corrected chi connectivity index (χ1v) is 9.62. The predicted octanol–water partition coefficient (Wildman–Crippen LogP) is 1.64. The number of hydrogen-bond donors (Lipinski definition) is 1. The number of likely N-dealkylation sites (N-methyl/N-ethyl adjacent to an activating group) is 1. The molecule has 2 rings (SSSR count). The first kappa shape index (κ1) is 18.7. The van der Waals surface area contributed by atoms with Crippen molar-refractivity contribution < 1.29 is 12.8 Å². The average molecular weight is 356 g/mol. The summed E-state index contributed by atoms with van der Waals surface area (Å²) in [5.41, 5.74) is 6.01. The van der Waals surface area contributed by atoms with Crippen LogP contribution in [0, 0.1) is 5.82 Å². The summed E-state index contributed by atoms with van der Waals surface area (Å²) in [6.45, 7) is 2.31. The summed E-state index contributed by atoms with van der Waals surface area (Å²) in [5, 5.41) is 0. The van der Waals surface area contributed by atoms with Gasteiger partial charge < -0.3 is 10.6 Å². The first-order valence-electron chi connectivity index (χ1n) is 8.18. The maximum Gasteiger partial charge on any atom is 0.242 e. The Morgan fingerprint density at radius 3 is 2.38 bits per heavy atom. The molecular formula is C16H25FN4O2S. The van der Waals surface area contributed by atoms with E-state index in [1.54, 1.807) is 0 Å². The van der Waals surface area contributed by atoms with Crippen LogP contribution in [-0.2, 0) is 10.0 Å². The lowest BCUT2D eigenvalue weighted by molar-refractivity contribution is 0.426. The molecule has 1 heterocycles. The lowest BCUT2D eigenvalue weighted by Crippen LogP contribution is -2.38. The van der Waals surface area contributed by atoms with E-state index in [1.165, 1.54) is 36.3 Å². The molecule has 1 aliphatic rings. The van der Waals surface area contributed by atoms with E-state index >= 15 is 0 Å². The van der Waals surface area contributed by atoms with Crippen LogP contribution in [-0.4, -0.2) is 56.8 Å². The van der Waals surface area contributed by atoms with Crippen LogP contribution in [0.3, 0.4) is 0 Å². The molecule has 0 aliphatic carbocycles. The fourth-order valence-electron chi connectivity index (χ4n) is 2.61. The van der Waals surface area contributed by atoms with Gasteiger partial charge in [-0.05, 0) is 37.1 Å². The second kappa shape index (κ2) is 8.43. The highest BCUT2D eigenvalue weighted by atomic mass is 32.2. The highest BCUT2D eigenvalue weighted by molar-refractivity contribution is 7.89. The van der Waals surface area contributed by atoms with Crippen LogP contribution >= 0.6 is 0 Å². The predicted molar refractivity (Wildman–Crippen MR) is 92.7 cm³/mol. The molecule has 0 radical (unpaired) electrons. The number of aliphatic imine (C=N–C) groups is 1. The number of rotatable bonds is 5. The molecule has 2 N–H and O–H groups in total. The molecule has 134 valence electrons. The Kier molecular flexibility index (Phi) is 6.56. The Morgan fingerprint density at radius 1 is 1.21 bits per heavy atom. The van der Waals surface area contributed by atoms with E-state index in [0.29, 0.717) is 12.5 Å². The number of halogens is 1. The standard InChI is InChI=1S/C16H25FN4O2S/c1-20(24(22,23)15-8-6-14(17)7-9-15)13-10-19-16(18)21-11-4-2-3-5-12-21/h6-9H,2-5,10-13H2,1H3,(H2,18,19). The first-order chi connectivity index (χ1) is 11.4. The lowest BCUT2D eigenvalue weighted by atomic mass is 10.2. The Hall–Kier alpha value is -1.67. The van der Waals surface area contributed by atoms with Crippen LogP contribution in [0.5, 0.6) is 0 Å². The Bertz CT molecular complexity index is 653. The van der Waals surface area contributed by atoms with Crippen molar-refractivity contribution in [2.75, 3.05) is 33.2 Å². The van der Waals surface area contributed by atoms with Crippen molar-refractivity contribution in [3.05, 3.63) is 30.1 Å². The molecule has 0 amide bonds. The molecule has 0 atom stereocenters. The van der Waals surface area contributed by atoms with E-state index in [0.717, 1.165) is 38.1 Å². The summed E-state index contributed by atoms with van der Waals surface area (Å²) in [6.07, 6.45) is 4.63. The summed E-state index contributed by atoms with van der Waals surface area (Å²) in [5.74, 6) is 0.0101. The number of sulfonamides is 1. The normalized spacial score (nSPS) is 17.1. The minimum absolute atomic E-state index is 0.0656. The highest BCUT2D eigenvalue weighted by Gasteiger charge is 2.20. The SMILES string of the molecule is CN(CCN=C(N)N1CCCCCC1)S(=O)(=O)c1ccc(F)cc1. The zero-order valence-electron chi connectivity index (χ0n) is 14.0. The number of nitrogens with two attached hydrogens (primary N) is 1. The summed E-state index contributed by atoms with van der Waals surface area (Å²) in [4.78, 5) is 6.43. The van der Waals surface area contributed by atoms with Crippen LogP contribution in [0.1, 0.15) is 25.7 Å². The molecule has 8 heteroatoms. The van der Waals surface area contributed by atoms with E-state index in [4.69, 9.17) is 5.73 Å². The zero-order valence-corrected chi connectivity index (χ0v) is 14.8. The molecule has 0 aromatic heterocycles. The zero-order chi connectivity index (χ0) is 17.6. The van der Waals surface area contributed by atoms with Crippen LogP contribution < -0.4 is 5.73 Å². The van der Waals surface area contributed by atoms with E-state index < -0.39 is 15.8 Å². The van der Waals surface area contributed by atoms with E-state index in [1.807, 2.05) is 0 Å². The lowest BCUT2D eigenvalue weighted by Gasteiger charge is -2.21. The maximum atomic E-state index is 12.9. The molecule has 1 aromatic carbocycles. The molecule has 6 nitrogen and oxygen atoms in total. The Morgan fingerprint density at radius 2 is 1.79 bits per heavy atom. The third-order valence-corrected chi connectivity index (χ3v) is 6.01. The van der Waals surface area contributed by atoms with Gasteiger partial charge in [0.25, 0.3) is 0 Å². The summed E-state index contributed by atoms with van der Waals surface area (Å²) >= 11 is 0. The molecule has 1 fully saturated rings. The minimum Gasteiger partial charge on any atom is -0.370 e. The third-order valence-electron chi connectivity index (χ3n) is 4.14. The molecular weight excluding hydrogens is 331 g/mol. The molecule has 1 saturated heterocycles. The van der Waals surface area contributed by atoms with Crippen molar-refractivity contribution in [2.45, 2.75) is 30.6 Å². The minimum atomic E-state index is -3.64. The quantitative estimate of drug-likeness (QED) is 0.642. The summed E-state index contributed by atoms with van der Waals surface area (Å²) in [6, 6.07) is 4.79. The second-order valence-electron chi connectivity index (χ2n) is 5.92. The molecule has 1 aromatic rings. The van der Waals surface area contributed by atoms with E-state index in [2.05, 4.69) is 9.89 Å². The number of hydrogen-bond acceptors (Lipinski definition) is 3. The number of guanidine groups is 1. The van der Waals surface area contributed by atoms with Crippen LogP contribution in [0.25, 0.3) is 0 Å². The molecule has 1 aliphatic heterocycles. The maximum absolute atomic E-state index is 12.9. The fraction of sp³-hybridized carbons (Fsp3) is 0.562. The van der Waals surface area contributed by atoms with Gasteiger partial charge in [0.15, 0.2) is 5.96 Å². The van der Waals surface area contributed by atoms with Crippen molar-refractivity contribution in [1.29, 1.82) is 0 Å². The van der Waals surface area contributed by atoms with Crippen molar-refractivity contribution in [1.82, 2.24) is 9.21 Å². The largest absolute Gasteiger partial charge is 0.370 e. The van der Waals surface area contributed by atoms with Gasteiger partial charge in [0.2, 0.25) is 10.0 Å². The van der Waals surface area contributed by atoms with Gasteiger partial charge in [0, 0.05) is 26.7 Å². The van der Waals surface area contributed by atoms with Gasteiger partial charge in [0.05, 0.1) is 11.4 Å². The van der Waals surface area contributed by atoms with Crippen molar-refractivity contribution in [2.24, 2.45) is 10.7 Å². The van der Waals surface area contributed by atoms with Crippen molar-refractivity contribution in [3.63, 3.8) is 0 Å². The molecule has 0 bridgehead atoms. The summed E-state index contributed by atoms with van der Waals surface area (Å²) < 4.78 is 38.9. The second-order valence-corrected chi connectivity index (χ2v) is 7.97. The van der Waals surface area contributed by atoms with Crippen LogP contribution in [0.4, 0.5) is 4.39 Å². The average Bonchev–Trinajstić information content (AvgIpc) is 2.84. The third kappa shape index (κ3) is 4.91. The van der Waals surface area contributed by atoms with Crippen LogP contribution in [0.15, 0.2) is 34.2 Å².